The maximum atomic E-state index is 4.94. The number of rotatable bonds is 3. The molecule has 0 fully saturated rings. The lowest BCUT2D eigenvalue weighted by atomic mass is 10.3. The van der Waals surface area contributed by atoms with Gasteiger partial charge in [-0.2, -0.15) is 0 Å². The largest absolute Gasteiger partial charge is 0.364 e. The zero-order valence-electron chi connectivity index (χ0n) is 7.90. The van der Waals surface area contributed by atoms with Gasteiger partial charge in [0.1, 0.15) is 17.3 Å². The topological polar surface area (TPSA) is 51.0 Å². The van der Waals surface area contributed by atoms with E-state index in [-0.39, 0.29) is 0 Å². The second-order valence-electron chi connectivity index (χ2n) is 3.00. The van der Waals surface area contributed by atoms with E-state index in [0.717, 1.165) is 17.3 Å². The van der Waals surface area contributed by atoms with E-state index in [1.165, 1.54) is 0 Å². The number of anilines is 1. The van der Waals surface area contributed by atoms with Crippen molar-refractivity contribution in [3.8, 4) is 0 Å². The van der Waals surface area contributed by atoms with Crippen LogP contribution in [0.4, 0.5) is 5.82 Å². The second kappa shape index (κ2) is 3.91. The van der Waals surface area contributed by atoms with Gasteiger partial charge in [0.2, 0.25) is 0 Å². The van der Waals surface area contributed by atoms with E-state index in [4.69, 9.17) is 4.52 Å². The predicted octanol–water partition coefficient (Wildman–Crippen LogP) is 1.99. The van der Waals surface area contributed by atoms with Crippen molar-refractivity contribution in [2.75, 3.05) is 5.32 Å². The van der Waals surface area contributed by atoms with Crippen LogP contribution in [0.15, 0.2) is 35.0 Å². The quantitative estimate of drug-likeness (QED) is 0.802. The molecule has 0 atom stereocenters. The summed E-state index contributed by atoms with van der Waals surface area (Å²) in [7, 11) is 0. The van der Waals surface area contributed by atoms with Crippen molar-refractivity contribution in [1.82, 2.24) is 10.1 Å². The highest BCUT2D eigenvalue weighted by Gasteiger charge is 1.99. The van der Waals surface area contributed by atoms with Gasteiger partial charge in [0.15, 0.2) is 0 Å². The zero-order valence-corrected chi connectivity index (χ0v) is 7.90. The van der Waals surface area contributed by atoms with Gasteiger partial charge >= 0.3 is 0 Å². The van der Waals surface area contributed by atoms with Gasteiger partial charge in [0.05, 0.1) is 6.54 Å². The standard InChI is InChI=1S/C10H11N3O/c1-8-6-9(13-14-8)7-12-10-4-2-3-5-11-10/h2-6H,7H2,1H3,(H,11,12). The van der Waals surface area contributed by atoms with Crippen LogP contribution in [0, 0.1) is 6.92 Å². The molecule has 0 aromatic carbocycles. The van der Waals surface area contributed by atoms with Crippen LogP contribution in [0.1, 0.15) is 11.5 Å². The SMILES string of the molecule is Cc1cc(CNc2ccccn2)no1. The van der Waals surface area contributed by atoms with Crippen molar-refractivity contribution in [1.29, 1.82) is 0 Å². The Labute approximate surface area is 82.0 Å². The van der Waals surface area contributed by atoms with Crippen LogP contribution in [-0.4, -0.2) is 10.1 Å². The van der Waals surface area contributed by atoms with Gasteiger partial charge in [0, 0.05) is 12.3 Å². The van der Waals surface area contributed by atoms with E-state index in [9.17, 15) is 0 Å². The van der Waals surface area contributed by atoms with E-state index >= 15 is 0 Å². The van der Waals surface area contributed by atoms with E-state index in [0.29, 0.717) is 6.54 Å². The monoisotopic (exact) mass is 189 g/mol. The molecule has 72 valence electrons. The van der Waals surface area contributed by atoms with Gasteiger partial charge in [-0.15, -0.1) is 0 Å². The minimum atomic E-state index is 0.633. The molecule has 14 heavy (non-hydrogen) atoms. The molecule has 2 aromatic rings. The first-order valence-corrected chi connectivity index (χ1v) is 4.42. The fourth-order valence-electron chi connectivity index (χ4n) is 1.15. The van der Waals surface area contributed by atoms with Gasteiger partial charge in [-0.25, -0.2) is 4.98 Å². The molecule has 4 nitrogen and oxygen atoms in total. The Kier molecular flexibility index (Phi) is 2.44. The normalized spacial score (nSPS) is 10.1. The molecule has 0 aliphatic rings. The minimum Gasteiger partial charge on any atom is -0.364 e. The Hall–Kier alpha value is -1.84. The Morgan fingerprint density at radius 3 is 3.00 bits per heavy atom. The smallest absolute Gasteiger partial charge is 0.133 e. The van der Waals surface area contributed by atoms with Gasteiger partial charge in [0.25, 0.3) is 0 Å². The summed E-state index contributed by atoms with van der Waals surface area (Å²) in [6.07, 6.45) is 1.75. The van der Waals surface area contributed by atoms with Crippen LogP contribution in [0.3, 0.4) is 0 Å². The molecule has 0 spiro atoms. The maximum Gasteiger partial charge on any atom is 0.133 e. The molecule has 4 heteroatoms. The van der Waals surface area contributed by atoms with Crippen LogP contribution in [0.5, 0.6) is 0 Å². The molecule has 0 saturated heterocycles. The van der Waals surface area contributed by atoms with E-state index in [2.05, 4.69) is 15.5 Å². The highest BCUT2D eigenvalue weighted by Crippen LogP contribution is 2.05. The first kappa shape index (κ1) is 8.74. The lowest BCUT2D eigenvalue weighted by Gasteiger charge is -2.00. The fourth-order valence-corrected chi connectivity index (χ4v) is 1.15. The highest BCUT2D eigenvalue weighted by atomic mass is 16.5. The van der Waals surface area contributed by atoms with Crippen molar-refractivity contribution >= 4 is 5.82 Å². The van der Waals surface area contributed by atoms with Gasteiger partial charge in [-0.05, 0) is 19.1 Å². The number of hydrogen-bond donors (Lipinski definition) is 1. The summed E-state index contributed by atoms with van der Waals surface area (Å²) in [5, 5.41) is 7.01. The van der Waals surface area contributed by atoms with Gasteiger partial charge < -0.3 is 9.84 Å². The predicted molar refractivity (Wildman–Crippen MR) is 52.8 cm³/mol. The van der Waals surface area contributed by atoms with Crippen LogP contribution >= 0.6 is 0 Å². The molecule has 0 unspecified atom stereocenters. The third-order valence-corrected chi connectivity index (χ3v) is 1.79. The van der Waals surface area contributed by atoms with Gasteiger partial charge in [-0.3, -0.25) is 0 Å². The number of pyridine rings is 1. The minimum absolute atomic E-state index is 0.633. The molecule has 0 bridgehead atoms. The molecular weight excluding hydrogens is 178 g/mol. The Balaban J connectivity index is 1.95. The van der Waals surface area contributed by atoms with Crippen molar-refractivity contribution in [2.24, 2.45) is 0 Å². The summed E-state index contributed by atoms with van der Waals surface area (Å²) < 4.78 is 4.94. The molecule has 2 aromatic heterocycles. The van der Waals surface area contributed by atoms with Crippen LogP contribution in [0.2, 0.25) is 0 Å². The summed E-state index contributed by atoms with van der Waals surface area (Å²) in [5.74, 6) is 1.66. The Morgan fingerprint density at radius 2 is 2.36 bits per heavy atom. The molecule has 0 radical (unpaired) electrons. The number of nitrogens with one attached hydrogen (secondary N) is 1. The molecule has 2 rings (SSSR count). The molecule has 0 aliphatic carbocycles. The Morgan fingerprint density at radius 1 is 1.43 bits per heavy atom. The van der Waals surface area contributed by atoms with Crippen LogP contribution in [-0.2, 0) is 6.54 Å². The molecule has 1 N–H and O–H groups in total. The first-order valence-electron chi connectivity index (χ1n) is 4.42. The molecule has 2 heterocycles. The third-order valence-electron chi connectivity index (χ3n) is 1.79. The molecule has 0 amide bonds. The van der Waals surface area contributed by atoms with Crippen molar-refractivity contribution < 1.29 is 4.52 Å². The number of aromatic nitrogens is 2. The summed E-state index contributed by atoms with van der Waals surface area (Å²) in [6, 6.07) is 7.62. The van der Waals surface area contributed by atoms with Crippen LogP contribution in [0.25, 0.3) is 0 Å². The number of hydrogen-bond acceptors (Lipinski definition) is 4. The lowest BCUT2D eigenvalue weighted by molar-refractivity contribution is 0.391. The molecule has 0 aliphatic heterocycles. The van der Waals surface area contributed by atoms with Crippen molar-refractivity contribution in [3.63, 3.8) is 0 Å². The summed E-state index contributed by atoms with van der Waals surface area (Å²) in [5.41, 5.74) is 0.883. The summed E-state index contributed by atoms with van der Waals surface area (Å²) >= 11 is 0. The van der Waals surface area contributed by atoms with E-state index in [1.807, 2.05) is 31.2 Å². The number of nitrogens with zero attached hydrogens (tertiary/aromatic N) is 2. The summed E-state index contributed by atoms with van der Waals surface area (Å²) in [6.45, 7) is 2.51. The summed E-state index contributed by atoms with van der Waals surface area (Å²) in [4.78, 5) is 4.13. The fraction of sp³-hybridized carbons (Fsp3) is 0.200. The highest BCUT2D eigenvalue weighted by molar-refractivity contribution is 5.33. The number of aryl methyl sites for hydroxylation is 1. The van der Waals surface area contributed by atoms with Crippen molar-refractivity contribution in [3.05, 3.63) is 41.9 Å². The van der Waals surface area contributed by atoms with E-state index in [1.54, 1.807) is 6.20 Å². The molecular formula is C10H11N3O. The van der Waals surface area contributed by atoms with E-state index < -0.39 is 0 Å². The van der Waals surface area contributed by atoms with Crippen LogP contribution < -0.4 is 5.32 Å². The van der Waals surface area contributed by atoms with Crippen molar-refractivity contribution in [2.45, 2.75) is 13.5 Å². The zero-order chi connectivity index (χ0) is 9.80. The molecule has 0 saturated carbocycles. The first-order chi connectivity index (χ1) is 6.84. The van der Waals surface area contributed by atoms with Gasteiger partial charge in [-0.1, -0.05) is 11.2 Å². The second-order valence-corrected chi connectivity index (χ2v) is 3.00. The third kappa shape index (κ3) is 2.10. The average Bonchev–Trinajstić information content (AvgIpc) is 2.63. The Bertz CT molecular complexity index is 397. The lowest BCUT2D eigenvalue weighted by Crippen LogP contribution is -2.00. The average molecular weight is 189 g/mol. The maximum absolute atomic E-state index is 4.94.